The number of carbonyl (C=O) groups excluding carboxylic acids is 1. The molecule has 3 rings (SSSR count). The SMILES string of the molecule is CCCCCCCC1CCC(CCc2ccc3c(c2)CCC(=O)C3)CC1. The summed E-state index contributed by atoms with van der Waals surface area (Å²) in [6.07, 6.45) is 19.5. The number of aryl methyl sites for hydroxylation is 2. The molecule has 0 aromatic heterocycles. The Labute approximate surface area is 161 Å². The zero-order valence-corrected chi connectivity index (χ0v) is 16.9. The molecule has 1 nitrogen and oxygen atoms in total. The maximum absolute atomic E-state index is 11.6. The molecule has 1 fully saturated rings. The number of rotatable bonds is 9. The molecule has 0 saturated heterocycles. The molecule has 0 heterocycles. The molecule has 144 valence electrons. The number of unbranched alkanes of at least 4 members (excludes halogenated alkanes) is 4. The fraction of sp³-hybridized carbons (Fsp3) is 0.720. The molecule has 0 radical (unpaired) electrons. The quantitative estimate of drug-likeness (QED) is 0.443. The van der Waals surface area contributed by atoms with Crippen LogP contribution in [0.2, 0.25) is 0 Å². The number of Topliss-reactive ketones (excluding diaryl/α,β-unsaturated/α-hetero) is 1. The van der Waals surface area contributed by atoms with Crippen molar-refractivity contribution in [2.24, 2.45) is 11.8 Å². The average Bonchev–Trinajstić information content (AvgIpc) is 2.67. The smallest absolute Gasteiger partial charge is 0.137 e. The predicted octanol–water partition coefficient (Wildman–Crippen LogP) is 6.84. The number of hydrogen-bond acceptors (Lipinski definition) is 1. The molecule has 0 unspecified atom stereocenters. The molecule has 0 amide bonds. The van der Waals surface area contributed by atoms with Crippen LogP contribution in [-0.2, 0) is 24.1 Å². The van der Waals surface area contributed by atoms with Crippen molar-refractivity contribution in [2.75, 3.05) is 0 Å². The van der Waals surface area contributed by atoms with Crippen molar-refractivity contribution in [1.29, 1.82) is 0 Å². The van der Waals surface area contributed by atoms with E-state index in [9.17, 15) is 4.79 Å². The minimum absolute atomic E-state index is 0.410. The lowest BCUT2D eigenvalue weighted by molar-refractivity contribution is -0.118. The molecule has 26 heavy (non-hydrogen) atoms. The zero-order valence-electron chi connectivity index (χ0n) is 16.9. The van der Waals surface area contributed by atoms with E-state index in [4.69, 9.17) is 0 Å². The third kappa shape index (κ3) is 5.96. The van der Waals surface area contributed by atoms with Crippen LogP contribution >= 0.6 is 0 Å². The molecule has 0 N–H and O–H groups in total. The first kappa shape index (κ1) is 19.6. The van der Waals surface area contributed by atoms with Crippen molar-refractivity contribution in [1.82, 2.24) is 0 Å². The summed E-state index contributed by atoms with van der Waals surface area (Å²) in [5.41, 5.74) is 4.22. The van der Waals surface area contributed by atoms with Gasteiger partial charge in [0.15, 0.2) is 0 Å². The molecule has 0 aliphatic heterocycles. The van der Waals surface area contributed by atoms with Crippen molar-refractivity contribution < 1.29 is 4.79 Å². The minimum atomic E-state index is 0.410. The second-order valence-corrected chi connectivity index (χ2v) is 8.95. The normalized spacial score (nSPS) is 23.0. The highest BCUT2D eigenvalue weighted by Crippen LogP contribution is 2.34. The fourth-order valence-corrected chi connectivity index (χ4v) is 5.03. The van der Waals surface area contributed by atoms with Crippen LogP contribution in [0.4, 0.5) is 0 Å². The van der Waals surface area contributed by atoms with Crippen LogP contribution in [0.1, 0.15) is 101 Å². The van der Waals surface area contributed by atoms with Crippen LogP contribution in [0, 0.1) is 11.8 Å². The summed E-state index contributed by atoms with van der Waals surface area (Å²) in [4.78, 5) is 11.6. The summed E-state index contributed by atoms with van der Waals surface area (Å²) in [6.45, 7) is 2.30. The molecule has 1 saturated carbocycles. The van der Waals surface area contributed by atoms with Crippen LogP contribution in [-0.4, -0.2) is 5.78 Å². The number of fused-ring (bicyclic) bond motifs is 1. The van der Waals surface area contributed by atoms with Gasteiger partial charge in [0.1, 0.15) is 5.78 Å². The topological polar surface area (TPSA) is 17.1 Å². The second-order valence-electron chi connectivity index (χ2n) is 8.95. The van der Waals surface area contributed by atoms with Crippen molar-refractivity contribution in [3.05, 3.63) is 34.9 Å². The molecular weight excluding hydrogens is 316 g/mol. The molecule has 0 bridgehead atoms. The Bertz CT molecular complexity index is 566. The Kier molecular flexibility index (Phi) is 7.77. The van der Waals surface area contributed by atoms with E-state index in [-0.39, 0.29) is 0 Å². The fourth-order valence-electron chi connectivity index (χ4n) is 5.03. The second kappa shape index (κ2) is 10.3. The number of benzene rings is 1. The summed E-state index contributed by atoms with van der Waals surface area (Å²) < 4.78 is 0. The summed E-state index contributed by atoms with van der Waals surface area (Å²) >= 11 is 0. The van der Waals surface area contributed by atoms with E-state index in [1.807, 2.05) is 0 Å². The van der Waals surface area contributed by atoms with Gasteiger partial charge in [0.2, 0.25) is 0 Å². The summed E-state index contributed by atoms with van der Waals surface area (Å²) in [5.74, 6) is 2.38. The highest BCUT2D eigenvalue weighted by atomic mass is 16.1. The largest absolute Gasteiger partial charge is 0.299 e. The number of ketones is 1. The first-order chi connectivity index (χ1) is 12.7. The molecule has 2 aliphatic rings. The van der Waals surface area contributed by atoms with Crippen LogP contribution < -0.4 is 0 Å². The third-order valence-corrected chi connectivity index (χ3v) is 6.85. The summed E-state index contributed by atoms with van der Waals surface area (Å²) in [5, 5.41) is 0. The van der Waals surface area contributed by atoms with Gasteiger partial charge in [0.25, 0.3) is 0 Å². The van der Waals surface area contributed by atoms with Crippen molar-refractivity contribution in [3.8, 4) is 0 Å². The first-order valence-electron chi connectivity index (χ1n) is 11.4. The molecule has 0 spiro atoms. The van der Waals surface area contributed by atoms with Gasteiger partial charge in [-0.15, -0.1) is 0 Å². The van der Waals surface area contributed by atoms with Crippen molar-refractivity contribution >= 4 is 5.78 Å². The van der Waals surface area contributed by atoms with Gasteiger partial charge in [0.05, 0.1) is 0 Å². The lowest BCUT2D eigenvalue weighted by Gasteiger charge is -2.28. The van der Waals surface area contributed by atoms with Crippen LogP contribution in [0.3, 0.4) is 0 Å². The van der Waals surface area contributed by atoms with Gasteiger partial charge in [0, 0.05) is 12.8 Å². The summed E-state index contributed by atoms with van der Waals surface area (Å²) in [7, 11) is 0. The van der Waals surface area contributed by atoms with Crippen LogP contribution in [0.5, 0.6) is 0 Å². The Balaban J connectivity index is 1.34. The highest BCUT2D eigenvalue weighted by Gasteiger charge is 2.21. The molecule has 2 aliphatic carbocycles. The molecule has 1 aromatic carbocycles. The van der Waals surface area contributed by atoms with Crippen molar-refractivity contribution in [2.45, 2.75) is 103 Å². The Morgan fingerprint density at radius 3 is 2.35 bits per heavy atom. The monoisotopic (exact) mass is 354 g/mol. The number of hydrogen-bond donors (Lipinski definition) is 0. The van der Waals surface area contributed by atoms with E-state index in [1.54, 1.807) is 0 Å². The Morgan fingerprint density at radius 2 is 1.58 bits per heavy atom. The van der Waals surface area contributed by atoms with E-state index in [0.717, 1.165) is 24.7 Å². The molecule has 1 heteroatoms. The lowest BCUT2D eigenvalue weighted by atomic mass is 9.77. The average molecular weight is 355 g/mol. The highest BCUT2D eigenvalue weighted by molar-refractivity contribution is 5.83. The van der Waals surface area contributed by atoms with Gasteiger partial charge < -0.3 is 0 Å². The predicted molar refractivity (Wildman–Crippen MR) is 111 cm³/mol. The van der Waals surface area contributed by atoms with Gasteiger partial charge >= 0.3 is 0 Å². The van der Waals surface area contributed by atoms with E-state index < -0.39 is 0 Å². The zero-order chi connectivity index (χ0) is 18.2. The van der Waals surface area contributed by atoms with E-state index >= 15 is 0 Å². The number of carbonyl (C=O) groups is 1. The Hall–Kier alpha value is -1.11. The molecule has 0 atom stereocenters. The van der Waals surface area contributed by atoms with Gasteiger partial charge in [-0.3, -0.25) is 4.79 Å². The lowest BCUT2D eigenvalue weighted by Crippen LogP contribution is -2.16. The standard InChI is InChI=1S/C25H38O/c1-2-3-4-5-6-7-20-8-10-21(11-9-20)12-13-22-14-15-24-19-25(26)17-16-23(24)18-22/h14-15,18,20-21H,2-13,16-17,19H2,1H3. The van der Waals surface area contributed by atoms with E-state index in [2.05, 4.69) is 25.1 Å². The first-order valence-corrected chi connectivity index (χ1v) is 11.4. The van der Waals surface area contributed by atoms with Crippen molar-refractivity contribution in [3.63, 3.8) is 0 Å². The van der Waals surface area contributed by atoms with Gasteiger partial charge in [-0.2, -0.15) is 0 Å². The third-order valence-electron chi connectivity index (χ3n) is 6.85. The maximum Gasteiger partial charge on any atom is 0.137 e. The van der Waals surface area contributed by atoms with Crippen LogP contribution in [0.25, 0.3) is 0 Å². The summed E-state index contributed by atoms with van der Waals surface area (Å²) in [6, 6.07) is 6.89. The maximum atomic E-state index is 11.6. The molecule has 1 aromatic rings. The van der Waals surface area contributed by atoms with E-state index in [0.29, 0.717) is 12.2 Å². The molecular formula is C25H38O. The van der Waals surface area contributed by atoms with Gasteiger partial charge in [-0.1, -0.05) is 89.3 Å². The van der Waals surface area contributed by atoms with Gasteiger partial charge in [-0.25, -0.2) is 0 Å². The van der Waals surface area contributed by atoms with Gasteiger partial charge in [-0.05, 0) is 47.8 Å². The van der Waals surface area contributed by atoms with Crippen LogP contribution in [0.15, 0.2) is 18.2 Å². The minimum Gasteiger partial charge on any atom is -0.299 e. The van der Waals surface area contributed by atoms with E-state index in [1.165, 1.54) is 93.7 Å². The Morgan fingerprint density at radius 1 is 0.846 bits per heavy atom.